The molecule has 0 aliphatic heterocycles. The lowest BCUT2D eigenvalue weighted by molar-refractivity contribution is 0.596. The van der Waals surface area contributed by atoms with Crippen molar-refractivity contribution >= 4 is 21.6 Å². The van der Waals surface area contributed by atoms with Gasteiger partial charge in [-0.2, -0.15) is 17.2 Å². The van der Waals surface area contributed by atoms with Crippen molar-refractivity contribution in [2.75, 3.05) is 0 Å². The molecule has 2 aliphatic carbocycles. The fourth-order valence-electron chi connectivity index (χ4n) is 2.45. The third-order valence-corrected chi connectivity index (χ3v) is 4.33. The SMILES string of the molecule is O=S(=O)(N=C1CCCCC1)N=C1CCCCC1. The minimum absolute atomic E-state index is 0.816. The quantitative estimate of drug-likeness (QED) is 0.762. The molecule has 0 aromatic rings. The van der Waals surface area contributed by atoms with E-state index in [-0.39, 0.29) is 0 Å². The largest absolute Gasteiger partial charge is 0.362 e. The van der Waals surface area contributed by atoms with E-state index in [2.05, 4.69) is 8.80 Å². The first kappa shape index (κ1) is 12.7. The first-order valence-corrected chi connectivity index (χ1v) is 7.96. The van der Waals surface area contributed by atoms with Gasteiger partial charge in [-0.1, -0.05) is 12.8 Å². The van der Waals surface area contributed by atoms with Crippen molar-refractivity contribution in [2.45, 2.75) is 64.2 Å². The molecule has 2 aliphatic rings. The van der Waals surface area contributed by atoms with Crippen molar-refractivity contribution in [2.24, 2.45) is 8.80 Å². The maximum absolute atomic E-state index is 11.8. The lowest BCUT2D eigenvalue weighted by Crippen LogP contribution is -2.10. The molecule has 0 aromatic carbocycles. The van der Waals surface area contributed by atoms with Gasteiger partial charge in [0.1, 0.15) is 0 Å². The third-order valence-electron chi connectivity index (χ3n) is 3.35. The summed E-state index contributed by atoms with van der Waals surface area (Å²) in [4.78, 5) is 0. The van der Waals surface area contributed by atoms with Crippen LogP contribution in [0.5, 0.6) is 0 Å². The van der Waals surface area contributed by atoms with Gasteiger partial charge < -0.3 is 0 Å². The van der Waals surface area contributed by atoms with E-state index in [9.17, 15) is 8.42 Å². The van der Waals surface area contributed by atoms with Crippen LogP contribution in [0.2, 0.25) is 0 Å². The summed E-state index contributed by atoms with van der Waals surface area (Å²) < 4.78 is 31.3. The van der Waals surface area contributed by atoms with Crippen molar-refractivity contribution in [3.63, 3.8) is 0 Å². The van der Waals surface area contributed by atoms with Gasteiger partial charge in [0.25, 0.3) is 0 Å². The van der Waals surface area contributed by atoms with Gasteiger partial charge >= 0.3 is 10.2 Å². The highest BCUT2D eigenvalue weighted by molar-refractivity contribution is 7.89. The van der Waals surface area contributed by atoms with Crippen molar-refractivity contribution in [1.82, 2.24) is 0 Å². The fourth-order valence-corrected chi connectivity index (χ4v) is 3.51. The number of hydrogen-bond acceptors (Lipinski definition) is 2. The molecule has 0 aromatic heterocycles. The highest BCUT2D eigenvalue weighted by atomic mass is 32.2. The molecule has 2 rings (SSSR count). The highest BCUT2D eigenvalue weighted by Crippen LogP contribution is 2.19. The Balaban J connectivity index is 2.07. The van der Waals surface area contributed by atoms with E-state index >= 15 is 0 Å². The van der Waals surface area contributed by atoms with Crippen LogP contribution in [0.1, 0.15) is 64.2 Å². The third kappa shape index (κ3) is 4.22. The second-order valence-electron chi connectivity index (χ2n) is 4.88. The van der Waals surface area contributed by atoms with Crippen molar-refractivity contribution in [3.05, 3.63) is 0 Å². The van der Waals surface area contributed by atoms with Gasteiger partial charge in [0.15, 0.2) is 0 Å². The Kier molecular flexibility index (Phi) is 4.31. The summed E-state index contributed by atoms with van der Waals surface area (Å²) in [5.41, 5.74) is 1.63. The van der Waals surface area contributed by atoms with Crippen LogP contribution < -0.4 is 0 Å². The Morgan fingerprint density at radius 2 is 1.00 bits per heavy atom. The zero-order chi connectivity index (χ0) is 12.1. The zero-order valence-corrected chi connectivity index (χ0v) is 11.0. The maximum Gasteiger partial charge on any atom is 0.362 e. The molecule has 0 spiro atoms. The average molecular weight is 256 g/mol. The molecule has 0 radical (unpaired) electrons. The first-order valence-electron chi connectivity index (χ1n) is 6.56. The number of rotatable bonds is 2. The second kappa shape index (κ2) is 5.76. The Hall–Kier alpha value is -0.710. The van der Waals surface area contributed by atoms with Gasteiger partial charge in [0.2, 0.25) is 0 Å². The van der Waals surface area contributed by atoms with Crippen LogP contribution in [0, 0.1) is 0 Å². The molecule has 0 unspecified atom stereocenters. The van der Waals surface area contributed by atoms with Crippen molar-refractivity contribution in [1.29, 1.82) is 0 Å². The van der Waals surface area contributed by atoms with E-state index in [1.165, 1.54) is 12.8 Å². The smallest absolute Gasteiger partial charge is 0.179 e. The average Bonchev–Trinajstić information content (AvgIpc) is 2.30. The molecule has 0 saturated heterocycles. The van der Waals surface area contributed by atoms with Crippen LogP contribution in [0.4, 0.5) is 0 Å². The number of nitrogens with zero attached hydrogens (tertiary/aromatic N) is 2. The summed E-state index contributed by atoms with van der Waals surface area (Å²) in [5, 5.41) is 0. The van der Waals surface area contributed by atoms with E-state index in [0.29, 0.717) is 0 Å². The molecule has 4 nitrogen and oxygen atoms in total. The normalized spacial score (nSPS) is 22.4. The lowest BCUT2D eigenvalue weighted by Gasteiger charge is -2.13. The van der Waals surface area contributed by atoms with Gasteiger partial charge in [-0.05, 0) is 51.4 Å². The summed E-state index contributed by atoms with van der Waals surface area (Å²) in [5.74, 6) is 0. The molecule has 5 heteroatoms. The van der Waals surface area contributed by atoms with Crippen molar-refractivity contribution in [3.8, 4) is 0 Å². The van der Waals surface area contributed by atoms with Crippen LogP contribution in [-0.4, -0.2) is 19.8 Å². The first-order chi connectivity index (χ1) is 8.16. The van der Waals surface area contributed by atoms with Crippen LogP contribution in [0.3, 0.4) is 0 Å². The van der Waals surface area contributed by atoms with Gasteiger partial charge in [-0.15, -0.1) is 0 Å². The van der Waals surface area contributed by atoms with Crippen LogP contribution >= 0.6 is 0 Å². The molecular weight excluding hydrogens is 236 g/mol. The summed E-state index contributed by atoms with van der Waals surface area (Å²) in [6, 6.07) is 0. The van der Waals surface area contributed by atoms with Gasteiger partial charge in [-0.3, -0.25) is 0 Å². The van der Waals surface area contributed by atoms with E-state index in [4.69, 9.17) is 0 Å². The molecule has 2 saturated carbocycles. The van der Waals surface area contributed by atoms with E-state index in [1.54, 1.807) is 0 Å². The van der Waals surface area contributed by atoms with Crippen LogP contribution in [-0.2, 0) is 10.2 Å². The molecule has 17 heavy (non-hydrogen) atoms. The van der Waals surface area contributed by atoms with Crippen LogP contribution in [0.15, 0.2) is 8.80 Å². The van der Waals surface area contributed by atoms with Gasteiger partial charge in [-0.25, -0.2) is 0 Å². The number of hydrogen-bond donors (Lipinski definition) is 0. The van der Waals surface area contributed by atoms with Crippen LogP contribution in [0.25, 0.3) is 0 Å². The minimum Gasteiger partial charge on any atom is -0.179 e. The van der Waals surface area contributed by atoms with Gasteiger partial charge in [0.05, 0.1) is 0 Å². The van der Waals surface area contributed by atoms with E-state index < -0.39 is 10.2 Å². The molecule has 0 heterocycles. The monoisotopic (exact) mass is 256 g/mol. The van der Waals surface area contributed by atoms with Crippen molar-refractivity contribution < 1.29 is 8.42 Å². The summed E-state index contributed by atoms with van der Waals surface area (Å²) >= 11 is 0. The molecular formula is C12H20N2O2S. The Bertz CT molecular complexity index is 374. The summed E-state index contributed by atoms with van der Waals surface area (Å²) in [7, 11) is -3.60. The second-order valence-corrected chi connectivity index (χ2v) is 6.14. The zero-order valence-electron chi connectivity index (χ0n) is 10.2. The fraction of sp³-hybridized carbons (Fsp3) is 0.833. The van der Waals surface area contributed by atoms with E-state index in [0.717, 1.165) is 62.8 Å². The standard InChI is InChI=1S/C12H20N2O2S/c15-17(16,13-11-7-3-1-4-8-11)14-12-9-5-2-6-10-12/h1-10H2. The predicted octanol–water partition coefficient (Wildman–Crippen LogP) is 3.04. The predicted molar refractivity (Wildman–Crippen MR) is 70.0 cm³/mol. The Labute approximate surface area is 103 Å². The topological polar surface area (TPSA) is 58.9 Å². The summed E-state index contributed by atoms with van der Waals surface area (Å²) in [6.45, 7) is 0. The lowest BCUT2D eigenvalue weighted by atomic mass is 9.99. The Morgan fingerprint density at radius 3 is 1.35 bits per heavy atom. The molecule has 96 valence electrons. The summed E-state index contributed by atoms with van der Waals surface area (Å²) in [6.07, 6.45) is 9.91. The molecule has 0 atom stereocenters. The van der Waals surface area contributed by atoms with Gasteiger partial charge in [0, 0.05) is 11.4 Å². The highest BCUT2D eigenvalue weighted by Gasteiger charge is 2.15. The molecule has 0 N–H and O–H groups in total. The Morgan fingerprint density at radius 1 is 0.647 bits per heavy atom. The minimum atomic E-state index is -3.60. The molecule has 0 amide bonds. The van der Waals surface area contributed by atoms with E-state index in [1.807, 2.05) is 0 Å². The maximum atomic E-state index is 11.8. The molecule has 0 bridgehead atoms. The molecule has 2 fully saturated rings.